The van der Waals surface area contributed by atoms with Crippen LogP contribution < -0.4 is 10.6 Å². The van der Waals surface area contributed by atoms with Crippen molar-refractivity contribution in [2.24, 2.45) is 0 Å². The van der Waals surface area contributed by atoms with E-state index in [1.165, 1.54) is 4.90 Å². The van der Waals surface area contributed by atoms with Crippen LogP contribution in [0.25, 0.3) is 0 Å². The standard InChI is InChI=1S/C14H22N4O3/c1-10-5-6-12(9-13(10)18(20)21)11(2)15-7-8-16-14(19)17(3)4/h5-6,9,11,15H,7-8H2,1-4H3,(H,16,19). The lowest BCUT2D eigenvalue weighted by molar-refractivity contribution is -0.385. The predicted octanol–water partition coefficient (Wildman–Crippen LogP) is 1.83. The Kier molecular flexibility index (Phi) is 6.10. The Morgan fingerprint density at radius 3 is 2.62 bits per heavy atom. The highest BCUT2D eigenvalue weighted by atomic mass is 16.6. The summed E-state index contributed by atoms with van der Waals surface area (Å²) in [5.74, 6) is 0. The summed E-state index contributed by atoms with van der Waals surface area (Å²) in [6.45, 7) is 4.73. The third kappa shape index (κ3) is 5.03. The van der Waals surface area contributed by atoms with Gasteiger partial charge in [-0.3, -0.25) is 10.1 Å². The van der Waals surface area contributed by atoms with Gasteiger partial charge in [0.2, 0.25) is 0 Å². The van der Waals surface area contributed by atoms with E-state index in [4.69, 9.17) is 0 Å². The molecule has 0 fully saturated rings. The lowest BCUT2D eigenvalue weighted by atomic mass is 10.0. The van der Waals surface area contributed by atoms with E-state index in [9.17, 15) is 14.9 Å². The third-order valence-electron chi connectivity index (χ3n) is 3.19. The van der Waals surface area contributed by atoms with Crippen LogP contribution >= 0.6 is 0 Å². The number of benzene rings is 1. The van der Waals surface area contributed by atoms with Gasteiger partial charge in [-0.2, -0.15) is 0 Å². The Bertz CT molecular complexity index is 517. The number of carbonyl (C=O) groups excluding carboxylic acids is 1. The molecule has 0 spiro atoms. The van der Waals surface area contributed by atoms with Crippen molar-refractivity contribution in [3.8, 4) is 0 Å². The highest BCUT2D eigenvalue weighted by Gasteiger charge is 2.14. The number of amides is 2. The number of hydrogen-bond acceptors (Lipinski definition) is 4. The quantitative estimate of drug-likeness (QED) is 0.476. The second kappa shape index (κ2) is 7.58. The molecular formula is C14H22N4O3. The van der Waals surface area contributed by atoms with Crippen LogP contribution in [0.1, 0.15) is 24.1 Å². The molecule has 116 valence electrons. The minimum Gasteiger partial charge on any atom is -0.337 e. The summed E-state index contributed by atoms with van der Waals surface area (Å²) in [4.78, 5) is 23.3. The second-order valence-corrected chi connectivity index (χ2v) is 5.11. The molecule has 0 radical (unpaired) electrons. The number of nitro benzene ring substituents is 1. The van der Waals surface area contributed by atoms with E-state index in [1.807, 2.05) is 13.0 Å². The fraction of sp³-hybridized carbons (Fsp3) is 0.500. The summed E-state index contributed by atoms with van der Waals surface area (Å²) < 4.78 is 0. The molecule has 1 aromatic rings. The topological polar surface area (TPSA) is 87.5 Å². The normalized spacial score (nSPS) is 11.8. The zero-order valence-electron chi connectivity index (χ0n) is 12.8. The maximum atomic E-state index is 11.3. The van der Waals surface area contributed by atoms with E-state index in [2.05, 4.69) is 10.6 Å². The predicted molar refractivity (Wildman–Crippen MR) is 81.3 cm³/mol. The van der Waals surface area contributed by atoms with Crippen molar-refractivity contribution in [3.05, 3.63) is 39.4 Å². The van der Waals surface area contributed by atoms with Crippen LogP contribution in [-0.2, 0) is 0 Å². The maximum Gasteiger partial charge on any atom is 0.316 e. The van der Waals surface area contributed by atoms with Crippen LogP contribution in [0.2, 0.25) is 0 Å². The van der Waals surface area contributed by atoms with Gasteiger partial charge in [0.25, 0.3) is 5.69 Å². The van der Waals surface area contributed by atoms with Gasteiger partial charge in [0.1, 0.15) is 0 Å². The van der Waals surface area contributed by atoms with Crippen molar-refractivity contribution in [2.75, 3.05) is 27.2 Å². The van der Waals surface area contributed by atoms with Crippen molar-refractivity contribution in [3.63, 3.8) is 0 Å². The zero-order chi connectivity index (χ0) is 16.0. The highest BCUT2D eigenvalue weighted by Crippen LogP contribution is 2.22. The van der Waals surface area contributed by atoms with E-state index in [-0.39, 0.29) is 22.7 Å². The summed E-state index contributed by atoms with van der Waals surface area (Å²) >= 11 is 0. The smallest absolute Gasteiger partial charge is 0.316 e. The number of rotatable bonds is 6. The van der Waals surface area contributed by atoms with Gasteiger partial charge in [0.15, 0.2) is 0 Å². The van der Waals surface area contributed by atoms with Crippen molar-refractivity contribution in [2.45, 2.75) is 19.9 Å². The molecule has 0 heterocycles. The molecule has 21 heavy (non-hydrogen) atoms. The number of hydrogen-bond donors (Lipinski definition) is 2. The molecule has 0 aliphatic heterocycles. The Morgan fingerprint density at radius 2 is 2.05 bits per heavy atom. The monoisotopic (exact) mass is 294 g/mol. The van der Waals surface area contributed by atoms with E-state index in [0.717, 1.165) is 5.56 Å². The minimum absolute atomic E-state index is 0.0273. The molecule has 0 saturated carbocycles. The summed E-state index contributed by atoms with van der Waals surface area (Å²) in [6.07, 6.45) is 0. The third-order valence-corrected chi connectivity index (χ3v) is 3.19. The first-order valence-corrected chi connectivity index (χ1v) is 6.76. The Hall–Kier alpha value is -2.15. The van der Waals surface area contributed by atoms with Gasteiger partial charge in [-0.1, -0.05) is 12.1 Å². The molecule has 2 amide bonds. The van der Waals surface area contributed by atoms with E-state index >= 15 is 0 Å². The minimum atomic E-state index is -0.372. The van der Waals surface area contributed by atoms with Gasteiger partial charge >= 0.3 is 6.03 Å². The van der Waals surface area contributed by atoms with E-state index < -0.39 is 0 Å². The lowest BCUT2D eigenvalue weighted by Gasteiger charge is -2.16. The lowest BCUT2D eigenvalue weighted by Crippen LogP contribution is -2.38. The zero-order valence-corrected chi connectivity index (χ0v) is 12.8. The summed E-state index contributed by atoms with van der Waals surface area (Å²) in [5, 5.41) is 16.9. The summed E-state index contributed by atoms with van der Waals surface area (Å²) in [7, 11) is 3.35. The number of nitro groups is 1. The van der Waals surface area contributed by atoms with Crippen LogP contribution in [0, 0.1) is 17.0 Å². The van der Waals surface area contributed by atoms with Gasteiger partial charge in [0, 0.05) is 44.9 Å². The summed E-state index contributed by atoms with van der Waals surface area (Å²) in [6, 6.07) is 5.04. The van der Waals surface area contributed by atoms with Gasteiger partial charge in [-0.15, -0.1) is 0 Å². The number of urea groups is 1. The average molecular weight is 294 g/mol. The molecule has 1 aromatic carbocycles. The Labute approximate surface area is 124 Å². The Balaban J connectivity index is 2.53. The van der Waals surface area contributed by atoms with Crippen LogP contribution in [0.15, 0.2) is 18.2 Å². The molecule has 7 nitrogen and oxygen atoms in total. The number of nitrogens with zero attached hydrogens (tertiary/aromatic N) is 2. The van der Waals surface area contributed by atoms with Gasteiger partial charge in [-0.05, 0) is 19.4 Å². The van der Waals surface area contributed by atoms with Crippen molar-refractivity contribution >= 4 is 11.7 Å². The first-order valence-electron chi connectivity index (χ1n) is 6.76. The van der Waals surface area contributed by atoms with Crippen molar-refractivity contribution < 1.29 is 9.72 Å². The molecule has 2 N–H and O–H groups in total. The molecular weight excluding hydrogens is 272 g/mol. The molecule has 0 aliphatic rings. The van der Waals surface area contributed by atoms with Crippen LogP contribution in [0.3, 0.4) is 0 Å². The van der Waals surface area contributed by atoms with E-state index in [0.29, 0.717) is 18.7 Å². The molecule has 0 aliphatic carbocycles. The second-order valence-electron chi connectivity index (χ2n) is 5.11. The maximum absolute atomic E-state index is 11.3. The molecule has 1 rings (SSSR count). The Morgan fingerprint density at radius 1 is 1.38 bits per heavy atom. The van der Waals surface area contributed by atoms with Gasteiger partial charge in [-0.25, -0.2) is 4.79 Å². The first-order chi connectivity index (χ1) is 9.82. The average Bonchev–Trinajstić information content (AvgIpc) is 2.43. The molecule has 1 atom stereocenters. The van der Waals surface area contributed by atoms with Crippen LogP contribution in [0.4, 0.5) is 10.5 Å². The molecule has 0 bridgehead atoms. The fourth-order valence-electron chi connectivity index (χ4n) is 1.83. The van der Waals surface area contributed by atoms with Crippen molar-refractivity contribution in [1.82, 2.24) is 15.5 Å². The fourth-order valence-corrected chi connectivity index (χ4v) is 1.83. The molecule has 7 heteroatoms. The molecule has 0 saturated heterocycles. The largest absolute Gasteiger partial charge is 0.337 e. The SMILES string of the molecule is Cc1ccc(C(C)NCCNC(=O)N(C)C)cc1[N+](=O)[O-]. The highest BCUT2D eigenvalue weighted by molar-refractivity contribution is 5.73. The number of nitrogens with one attached hydrogen (secondary N) is 2. The van der Waals surface area contributed by atoms with Crippen molar-refractivity contribution in [1.29, 1.82) is 0 Å². The molecule has 1 unspecified atom stereocenters. The van der Waals surface area contributed by atoms with Gasteiger partial charge in [0.05, 0.1) is 4.92 Å². The van der Waals surface area contributed by atoms with Crippen LogP contribution in [0.5, 0.6) is 0 Å². The van der Waals surface area contributed by atoms with Crippen LogP contribution in [-0.4, -0.2) is 43.0 Å². The van der Waals surface area contributed by atoms with Gasteiger partial charge < -0.3 is 15.5 Å². The summed E-state index contributed by atoms with van der Waals surface area (Å²) in [5.41, 5.74) is 1.63. The van der Waals surface area contributed by atoms with E-state index in [1.54, 1.807) is 33.2 Å². The molecule has 0 aromatic heterocycles. The number of aryl methyl sites for hydroxylation is 1. The first kappa shape index (κ1) is 16.9. The number of carbonyl (C=O) groups is 1.